The van der Waals surface area contributed by atoms with E-state index in [1.54, 1.807) is 13.0 Å². The van der Waals surface area contributed by atoms with Crippen LogP contribution in [0.15, 0.2) is 12.1 Å². The van der Waals surface area contributed by atoms with Crippen LogP contribution in [0.1, 0.15) is 24.0 Å². The van der Waals surface area contributed by atoms with Crippen molar-refractivity contribution in [2.75, 3.05) is 13.2 Å². The summed E-state index contributed by atoms with van der Waals surface area (Å²) in [5.41, 5.74) is 0.447. The highest BCUT2D eigenvalue weighted by Crippen LogP contribution is 2.63. The summed E-state index contributed by atoms with van der Waals surface area (Å²) in [5, 5.41) is 9.93. The van der Waals surface area contributed by atoms with Gasteiger partial charge in [0.05, 0.1) is 30.1 Å². The molecule has 18 heavy (non-hydrogen) atoms. The zero-order chi connectivity index (χ0) is 13.0. The highest BCUT2D eigenvalue weighted by molar-refractivity contribution is 6.31. The van der Waals surface area contributed by atoms with Crippen LogP contribution in [0.2, 0.25) is 5.02 Å². The van der Waals surface area contributed by atoms with Gasteiger partial charge in [-0.3, -0.25) is 0 Å². The van der Waals surface area contributed by atoms with E-state index < -0.39 is 10.8 Å². The predicted molar refractivity (Wildman–Crippen MR) is 65.9 cm³/mol. The smallest absolute Gasteiger partial charge is 0.126 e. The first-order valence-corrected chi connectivity index (χ1v) is 6.38. The molecule has 1 saturated carbocycles. The number of rotatable bonds is 2. The van der Waals surface area contributed by atoms with Crippen molar-refractivity contribution in [3.05, 3.63) is 34.1 Å². The largest absolute Gasteiger partial charge is 0.379 e. The van der Waals surface area contributed by atoms with Crippen LogP contribution in [-0.2, 0) is 10.2 Å². The number of ether oxygens (including phenoxy) is 1. The first-order valence-electron chi connectivity index (χ1n) is 6.00. The Hall–Kier alpha value is -1.11. The van der Waals surface area contributed by atoms with Gasteiger partial charge in [0.1, 0.15) is 5.82 Å². The van der Waals surface area contributed by atoms with E-state index in [0.717, 1.165) is 18.4 Å². The van der Waals surface area contributed by atoms with Crippen LogP contribution in [0.25, 0.3) is 0 Å². The molecule has 2 fully saturated rings. The van der Waals surface area contributed by atoms with Crippen molar-refractivity contribution in [3.63, 3.8) is 0 Å². The van der Waals surface area contributed by atoms with E-state index in [-0.39, 0.29) is 5.82 Å². The summed E-state index contributed by atoms with van der Waals surface area (Å²) in [7, 11) is 0. The Morgan fingerprint density at radius 1 is 1.39 bits per heavy atom. The van der Waals surface area contributed by atoms with E-state index in [0.29, 0.717) is 23.8 Å². The molecule has 1 heterocycles. The van der Waals surface area contributed by atoms with Gasteiger partial charge in [-0.2, -0.15) is 5.26 Å². The second kappa shape index (κ2) is 3.69. The lowest BCUT2D eigenvalue weighted by molar-refractivity contribution is -0.0867. The molecule has 0 unspecified atom stereocenters. The summed E-state index contributed by atoms with van der Waals surface area (Å²) in [5.74, 6) is -0.269. The van der Waals surface area contributed by atoms with E-state index in [1.165, 1.54) is 6.07 Å². The molecule has 1 saturated heterocycles. The van der Waals surface area contributed by atoms with Crippen LogP contribution in [0.3, 0.4) is 0 Å². The van der Waals surface area contributed by atoms with Gasteiger partial charge in [-0.1, -0.05) is 11.6 Å². The molecule has 1 aliphatic heterocycles. The van der Waals surface area contributed by atoms with Gasteiger partial charge < -0.3 is 4.74 Å². The number of halogens is 2. The van der Waals surface area contributed by atoms with Crippen molar-refractivity contribution >= 4 is 11.6 Å². The summed E-state index contributed by atoms with van der Waals surface area (Å²) in [6.45, 7) is 2.61. The van der Waals surface area contributed by atoms with Crippen molar-refractivity contribution in [1.29, 1.82) is 5.26 Å². The minimum Gasteiger partial charge on any atom is -0.379 e. The Balaban J connectivity index is 2.14. The van der Waals surface area contributed by atoms with Crippen LogP contribution >= 0.6 is 11.6 Å². The number of aryl methyl sites for hydroxylation is 1. The van der Waals surface area contributed by atoms with Gasteiger partial charge >= 0.3 is 0 Å². The lowest BCUT2D eigenvalue weighted by atomic mass is 9.66. The normalized spacial score (nSPS) is 23.0. The van der Waals surface area contributed by atoms with Gasteiger partial charge in [0.25, 0.3) is 0 Å². The van der Waals surface area contributed by atoms with E-state index in [1.807, 2.05) is 0 Å². The van der Waals surface area contributed by atoms with Gasteiger partial charge in [0, 0.05) is 5.02 Å². The lowest BCUT2D eigenvalue weighted by Crippen LogP contribution is -2.53. The third-order valence-corrected chi connectivity index (χ3v) is 4.65. The van der Waals surface area contributed by atoms with Crippen LogP contribution in [0.5, 0.6) is 0 Å². The van der Waals surface area contributed by atoms with Crippen LogP contribution in [0.4, 0.5) is 4.39 Å². The maximum Gasteiger partial charge on any atom is 0.126 e. The zero-order valence-electron chi connectivity index (χ0n) is 10.1. The van der Waals surface area contributed by atoms with Gasteiger partial charge in [-0.25, -0.2) is 4.39 Å². The van der Waals surface area contributed by atoms with Crippen LogP contribution < -0.4 is 0 Å². The number of benzene rings is 1. The van der Waals surface area contributed by atoms with E-state index in [9.17, 15) is 9.65 Å². The predicted octanol–water partition coefficient (Wildman–Crippen LogP) is 3.36. The first-order chi connectivity index (χ1) is 8.55. The third-order valence-electron chi connectivity index (χ3n) is 4.34. The molecule has 0 bridgehead atoms. The minimum atomic E-state index is -0.409. The fraction of sp³-hybridized carbons (Fsp3) is 0.500. The Morgan fingerprint density at radius 3 is 2.50 bits per heavy atom. The molecule has 0 aromatic heterocycles. The Bertz CT molecular complexity index is 556. The van der Waals surface area contributed by atoms with Crippen LogP contribution in [0, 0.1) is 29.5 Å². The number of nitriles is 1. The van der Waals surface area contributed by atoms with Crippen molar-refractivity contribution in [1.82, 2.24) is 0 Å². The van der Waals surface area contributed by atoms with E-state index >= 15 is 0 Å². The van der Waals surface area contributed by atoms with Crippen molar-refractivity contribution < 1.29 is 9.13 Å². The van der Waals surface area contributed by atoms with Gasteiger partial charge in [0.2, 0.25) is 0 Å². The zero-order valence-corrected chi connectivity index (χ0v) is 10.9. The monoisotopic (exact) mass is 265 g/mol. The maximum absolute atomic E-state index is 13.8. The molecule has 94 valence electrons. The highest BCUT2D eigenvalue weighted by atomic mass is 35.5. The molecule has 2 aliphatic rings. The van der Waals surface area contributed by atoms with Crippen molar-refractivity contribution in [2.24, 2.45) is 5.41 Å². The fourth-order valence-electron chi connectivity index (χ4n) is 2.83. The molecular formula is C14H13ClFNO. The number of nitrogens with zero attached hydrogens (tertiary/aromatic N) is 1. The highest BCUT2D eigenvalue weighted by Gasteiger charge is 2.65. The first kappa shape index (κ1) is 12.0. The molecule has 1 aromatic carbocycles. The minimum absolute atomic E-state index is 0.269. The summed E-state index contributed by atoms with van der Waals surface area (Å²) in [6, 6.07) is 5.52. The second-order valence-electron chi connectivity index (χ2n) is 5.35. The SMILES string of the molecule is Cc1cc(Cl)c(C2(C3(C#N)CC3)COC2)cc1F. The second-order valence-corrected chi connectivity index (χ2v) is 5.76. The molecule has 1 aromatic rings. The van der Waals surface area contributed by atoms with E-state index in [4.69, 9.17) is 16.3 Å². The Kier molecular flexibility index (Phi) is 2.45. The molecule has 1 aliphatic carbocycles. The Morgan fingerprint density at radius 2 is 2.06 bits per heavy atom. The number of hydrogen-bond donors (Lipinski definition) is 0. The molecule has 4 heteroatoms. The molecule has 0 N–H and O–H groups in total. The van der Waals surface area contributed by atoms with E-state index in [2.05, 4.69) is 6.07 Å². The molecule has 0 radical (unpaired) electrons. The summed E-state index contributed by atoms with van der Waals surface area (Å²) in [6.07, 6.45) is 1.69. The van der Waals surface area contributed by atoms with Crippen molar-refractivity contribution in [3.8, 4) is 6.07 Å². The summed E-state index contributed by atoms with van der Waals surface area (Å²) >= 11 is 6.26. The Labute approximate surface area is 110 Å². The molecule has 0 atom stereocenters. The summed E-state index contributed by atoms with van der Waals surface area (Å²) in [4.78, 5) is 0. The molecule has 0 spiro atoms. The lowest BCUT2D eigenvalue weighted by Gasteiger charge is -2.46. The molecule has 3 rings (SSSR count). The van der Waals surface area contributed by atoms with Gasteiger partial charge in [-0.15, -0.1) is 0 Å². The average Bonchev–Trinajstić information content (AvgIpc) is 3.05. The standard InChI is InChI=1S/C14H13ClFNO/c1-9-4-11(15)10(5-12(9)16)14(7-18-8-14)13(6-17)2-3-13/h4-5H,2-3,7-8H2,1H3. The average molecular weight is 266 g/mol. The third kappa shape index (κ3) is 1.36. The quantitative estimate of drug-likeness (QED) is 0.821. The molecular weight excluding hydrogens is 253 g/mol. The summed E-state index contributed by atoms with van der Waals surface area (Å²) < 4.78 is 19.1. The molecule has 0 amide bonds. The van der Waals surface area contributed by atoms with Crippen LogP contribution in [-0.4, -0.2) is 13.2 Å². The van der Waals surface area contributed by atoms with Gasteiger partial charge in [0.15, 0.2) is 0 Å². The van der Waals surface area contributed by atoms with Crippen molar-refractivity contribution in [2.45, 2.75) is 25.2 Å². The number of hydrogen-bond acceptors (Lipinski definition) is 2. The fourth-order valence-corrected chi connectivity index (χ4v) is 3.23. The molecule has 2 nitrogen and oxygen atoms in total. The topological polar surface area (TPSA) is 33.0 Å². The maximum atomic E-state index is 13.8. The van der Waals surface area contributed by atoms with Gasteiger partial charge in [-0.05, 0) is 43.0 Å².